The first-order chi connectivity index (χ1) is 16.2. The maximum absolute atomic E-state index is 13.0. The molecule has 34 heavy (non-hydrogen) atoms. The fraction of sp³-hybridized carbons (Fsp3) is 0.391. The number of carbonyl (C=O) groups is 1. The predicted molar refractivity (Wildman–Crippen MR) is 120 cm³/mol. The maximum atomic E-state index is 13.0. The summed E-state index contributed by atoms with van der Waals surface area (Å²) in [6, 6.07) is 6.58. The number of ether oxygens (including phenoxy) is 2. The smallest absolute Gasteiger partial charge is 0.435 e. The minimum atomic E-state index is -4.58. The van der Waals surface area contributed by atoms with Gasteiger partial charge in [0.15, 0.2) is 5.69 Å². The molecule has 1 N–H and O–H groups in total. The highest BCUT2D eigenvalue weighted by Crippen LogP contribution is 2.31. The van der Waals surface area contributed by atoms with Crippen molar-refractivity contribution in [1.29, 1.82) is 0 Å². The van der Waals surface area contributed by atoms with Gasteiger partial charge in [-0.1, -0.05) is 0 Å². The van der Waals surface area contributed by atoms with E-state index in [1.54, 1.807) is 25.3 Å². The van der Waals surface area contributed by atoms with Gasteiger partial charge in [-0.25, -0.2) is 4.98 Å². The van der Waals surface area contributed by atoms with Crippen molar-refractivity contribution in [3.8, 4) is 16.3 Å². The summed E-state index contributed by atoms with van der Waals surface area (Å²) in [7, 11) is 0. The van der Waals surface area contributed by atoms with E-state index >= 15 is 0 Å². The summed E-state index contributed by atoms with van der Waals surface area (Å²) in [4.78, 5) is 18.5. The van der Waals surface area contributed by atoms with E-state index in [1.807, 2.05) is 13.0 Å². The molecular weight excluding hydrogens is 469 g/mol. The molecule has 7 nitrogen and oxygen atoms in total. The SMILES string of the molecule is Cc1cnc(-c2cc(OC[C@@H]3CCOC3)cc(C(=O)NC(C)c3ccc(C(F)(F)F)nn3)c2)s1. The van der Waals surface area contributed by atoms with Crippen LogP contribution in [0.4, 0.5) is 13.2 Å². The molecule has 1 fully saturated rings. The summed E-state index contributed by atoms with van der Waals surface area (Å²) in [5.41, 5.74) is 0.210. The molecule has 3 aromatic rings. The van der Waals surface area contributed by atoms with Crippen molar-refractivity contribution in [1.82, 2.24) is 20.5 Å². The van der Waals surface area contributed by atoms with Crippen LogP contribution in [0.3, 0.4) is 0 Å². The lowest BCUT2D eigenvalue weighted by Crippen LogP contribution is -2.27. The molecule has 0 bridgehead atoms. The number of carbonyl (C=O) groups excluding carboxylic acids is 1. The molecule has 4 rings (SSSR count). The third-order valence-electron chi connectivity index (χ3n) is 5.31. The molecule has 1 saturated heterocycles. The van der Waals surface area contributed by atoms with E-state index in [9.17, 15) is 18.0 Å². The van der Waals surface area contributed by atoms with Gasteiger partial charge < -0.3 is 14.8 Å². The van der Waals surface area contributed by atoms with Crippen molar-refractivity contribution in [2.75, 3.05) is 19.8 Å². The van der Waals surface area contributed by atoms with Crippen LogP contribution in [0.2, 0.25) is 0 Å². The highest BCUT2D eigenvalue weighted by molar-refractivity contribution is 7.14. The van der Waals surface area contributed by atoms with Gasteiger partial charge in [0.25, 0.3) is 5.91 Å². The summed E-state index contributed by atoms with van der Waals surface area (Å²) < 4.78 is 49.6. The number of rotatable bonds is 7. The molecule has 2 atom stereocenters. The van der Waals surface area contributed by atoms with Crippen LogP contribution >= 0.6 is 11.3 Å². The number of alkyl halides is 3. The van der Waals surface area contributed by atoms with E-state index in [0.717, 1.165) is 27.9 Å². The van der Waals surface area contributed by atoms with Gasteiger partial charge in [0, 0.05) is 34.7 Å². The monoisotopic (exact) mass is 492 g/mol. The standard InChI is InChI=1S/C23H23F3N4O3S/c1-13-10-27-22(34-13)17-7-16(8-18(9-17)33-12-15-5-6-32-11-15)21(31)28-14(2)19-3-4-20(30-29-19)23(24,25)26/h3-4,7-10,14-15H,5-6,11-12H2,1-2H3,(H,28,31)/t14?,15-/m1/s1. The van der Waals surface area contributed by atoms with Gasteiger partial charge in [-0.3, -0.25) is 4.79 Å². The summed E-state index contributed by atoms with van der Waals surface area (Å²) in [5.74, 6) is 0.407. The number of benzene rings is 1. The van der Waals surface area contributed by atoms with Gasteiger partial charge in [-0.15, -0.1) is 16.4 Å². The number of hydrogen-bond donors (Lipinski definition) is 1. The summed E-state index contributed by atoms with van der Waals surface area (Å²) in [6.45, 7) is 5.40. The zero-order valence-corrected chi connectivity index (χ0v) is 19.4. The van der Waals surface area contributed by atoms with Crippen LogP contribution in [0.15, 0.2) is 36.5 Å². The molecule has 0 spiro atoms. The lowest BCUT2D eigenvalue weighted by Gasteiger charge is -2.16. The highest BCUT2D eigenvalue weighted by atomic mass is 32.1. The van der Waals surface area contributed by atoms with E-state index < -0.39 is 23.8 Å². The fourth-order valence-corrected chi connectivity index (χ4v) is 4.18. The van der Waals surface area contributed by atoms with Crippen LogP contribution < -0.4 is 10.1 Å². The minimum Gasteiger partial charge on any atom is -0.493 e. The van der Waals surface area contributed by atoms with Crippen LogP contribution in [0, 0.1) is 12.8 Å². The molecule has 3 heterocycles. The summed E-state index contributed by atoms with van der Waals surface area (Å²) in [5, 5.41) is 10.4. The zero-order chi connectivity index (χ0) is 24.3. The lowest BCUT2D eigenvalue weighted by molar-refractivity contribution is -0.141. The highest BCUT2D eigenvalue weighted by Gasteiger charge is 2.33. The minimum absolute atomic E-state index is 0.214. The Hall–Kier alpha value is -3.05. The van der Waals surface area contributed by atoms with Crippen molar-refractivity contribution < 1.29 is 27.4 Å². The number of nitrogens with one attached hydrogen (secondary N) is 1. The number of nitrogens with zero attached hydrogens (tertiary/aromatic N) is 3. The number of thiazole rings is 1. The molecule has 0 radical (unpaired) electrons. The van der Waals surface area contributed by atoms with Crippen LogP contribution in [0.1, 0.15) is 46.0 Å². The first kappa shape index (κ1) is 24.1. The average molecular weight is 493 g/mol. The van der Waals surface area contributed by atoms with Crippen molar-refractivity contribution in [2.45, 2.75) is 32.5 Å². The Kier molecular flexibility index (Phi) is 7.13. The second kappa shape index (κ2) is 10.1. The molecule has 11 heteroatoms. The Morgan fingerprint density at radius 1 is 1.29 bits per heavy atom. The van der Waals surface area contributed by atoms with E-state index in [-0.39, 0.29) is 5.69 Å². The first-order valence-electron chi connectivity index (χ1n) is 10.7. The largest absolute Gasteiger partial charge is 0.493 e. The Bertz CT molecular complexity index is 1150. The van der Waals surface area contributed by atoms with Crippen molar-refractivity contribution in [3.05, 3.63) is 58.4 Å². The summed E-state index contributed by atoms with van der Waals surface area (Å²) >= 11 is 1.50. The van der Waals surface area contributed by atoms with Crippen molar-refractivity contribution in [3.63, 3.8) is 0 Å². The van der Waals surface area contributed by atoms with E-state index in [1.165, 1.54) is 17.4 Å². The van der Waals surface area contributed by atoms with Crippen LogP contribution in [-0.2, 0) is 10.9 Å². The molecule has 1 amide bonds. The van der Waals surface area contributed by atoms with Gasteiger partial charge in [0.05, 0.1) is 24.9 Å². The molecule has 0 saturated carbocycles. The van der Waals surface area contributed by atoms with Gasteiger partial charge in [0.2, 0.25) is 0 Å². The van der Waals surface area contributed by atoms with Gasteiger partial charge in [0.1, 0.15) is 10.8 Å². The normalized spacial score (nSPS) is 16.9. The Balaban J connectivity index is 1.53. The Morgan fingerprint density at radius 3 is 2.74 bits per heavy atom. The second-order valence-electron chi connectivity index (χ2n) is 8.10. The number of aromatic nitrogens is 3. The van der Waals surface area contributed by atoms with Gasteiger partial charge in [-0.05, 0) is 50.6 Å². The predicted octanol–water partition coefficient (Wildman–Crippen LogP) is 4.83. The van der Waals surface area contributed by atoms with Crippen LogP contribution in [0.5, 0.6) is 5.75 Å². The molecule has 1 aliphatic heterocycles. The molecule has 0 aliphatic carbocycles. The quantitative estimate of drug-likeness (QED) is 0.508. The first-order valence-corrected chi connectivity index (χ1v) is 11.5. The molecule has 1 unspecified atom stereocenters. The van der Waals surface area contributed by atoms with Crippen molar-refractivity contribution >= 4 is 17.2 Å². The van der Waals surface area contributed by atoms with Gasteiger partial charge >= 0.3 is 6.18 Å². The lowest BCUT2D eigenvalue weighted by atomic mass is 10.1. The average Bonchev–Trinajstić information content (AvgIpc) is 3.49. The molecule has 180 valence electrons. The maximum Gasteiger partial charge on any atom is 0.435 e. The number of amides is 1. The molecular formula is C23H23F3N4O3S. The Labute approximate surface area is 198 Å². The topological polar surface area (TPSA) is 86.2 Å². The van der Waals surface area contributed by atoms with Crippen LogP contribution in [-0.4, -0.2) is 40.9 Å². The van der Waals surface area contributed by atoms with Gasteiger partial charge in [-0.2, -0.15) is 18.3 Å². The van der Waals surface area contributed by atoms with E-state index in [2.05, 4.69) is 20.5 Å². The Morgan fingerprint density at radius 2 is 2.12 bits per heavy atom. The number of halogens is 3. The van der Waals surface area contributed by atoms with Crippen LogP contribution in [0.25, 0.3) is 10.6 Å². The fourth-order valence-electron chi connectivity index (χ4n) is 3.43. The van der Waals surface area contributed by atoms with E-state index in [4.69, 9.17) is 9.47 Å². The number of hydrogen-bond acceptors (Lipinski definition) is 7. The third kappa shape index (κ3) is 5.89. The van der Waals surface area contributed by atoms with E-state index in [0.29, 0.717) is 37.1 Å². The van der Waals surface area contributed by atoms with Crippen molar-refractivity contribution in [2.24, 2.45) is 5.92 Å². The molecule has 2 aromatic heterocycles. The number of aryl methyl sites for hydroxylation is 1. The molecule has 1 aliphatic rings. The second-order valence-corrected chi connectivity index (χ2v) is 9.33. The molecule has 1 aromatic carbocycles. The summed E-state index contributed by atoms with van der Waals surface area (Å²) in [6.07, 6.45) is -1.90. The zero-order valence-electron chi connectivity index (χ0n) is 18.6. The third-order valence-corrected chi connectivity index (χ3v) is 6.28.